The van der Waals surface area contributed by atoms with E-state index in [4.69, 9.17) is 5.73 Å². The molecule has 0 bridgehead atoms. The summed E-state index contributed by atoms with van der Waals surface area (Å²) in [6.45, 7) is 0.724. The van der Waals surface area contributed by atoms with Gasteiger partial charge in [-0.15, -0.1) is 0 Å². The monoisotopic (exact) mass is 129 g/mol. The summed E-state index contributed by atoms with van der Waals surface area (Å²) in [6.07, 6.45) is 4.31. The molecule has 3 N–H and O–H groups in total. The molecule has 0 aliphatic heterocycles. The van der Waals surface area contributed by atoms with Crippen LogP contribution in [0.25, 0.3) is 0 Å². The van der Waals surface area contributed by atoms with Gasteiger partial charge in [0, 0.05) is 0 Å². The molecule has 2 atom stereocenters. The van der Waals surface area contributed by atoms with Gasteiger partial charge in [0.05, 0.1) is 6.10 Å². The lowest BCUT2D eigenvalue weighted by molar-refractivity contribution is 0.129. The van der Waals surface area contributed by atoms with Gasteiger partial charge in [0.2, 0.25) is 0 Å². The SMILES string of the molecule is NCC[C@@H]1CCC[C@@H]1O. The lowest BCUT2D eigenvalue weighted by atomic mass is 10.0. The highest BCUT2D eigenvalue weighted by molar-refractivity contribution is 4.76. The summed E-state index contributed by atoms with van der Waals surface area (Å²) in [5.41, 5.74) is 5.36. The number of aliphatic hydroxyl groups is 1. The maximum Gasteiger partial charge on any atom is 0.0568 e. The van der Waals surface area contributed by atoms with E-state index in [0.717, 1.165) is 19.4 Å². The van der Waals surface area contributed by atoms with Crippen LogP contribution in [0.3, 0.4) is 0 Å². The average molecular weight is 129 g/mol. The van der Waals surface area contributed by atoms with Crippen molar-refractivity contribution in [2.75, 3.05) is 6.54 Å². The molecule has 0 aromatic rings. The van der Waals surface area contributed by atoms with Crippen molar-refractivity contribution in [1.29, 1.82) is 0 Å². The van der Waals surface area contributed by atoms with Crippen molar-refractivity contribution in [2.45, 2.75) is 31.8 Å². The first-order chi connectivity index (χ1) is 4.34. The zero-order valence-corrected chi connectivity index (χ0v) is 5.71. The molecule has 54 valence electrons. The largest absolute Gasteiger partial charge is 0.393 e. The predicted octanol–water partition coefficient (Wildman–Crippen LogP) is 0.496. The maximum absolute atomic E-state index is 9.26. The lowest BCUT2D eigenvalue weighted by Gasteiger charge is -2.11. The van der Waals surface area contributed by atoms with Crippen LogP contribution >= 0.6 is 0 Å². The van der Waals surface area contributed by atoms with Gasteiger partial charge in [0.15, 0.2) is 0 Å². The molecule has 1 aliphatic carbocycles. The second kappa shape index (κ2) is 3.18. The fourth-order valence-electron chi connectivity index (χ4n) is 1.57. The molecule has 0 aromatic carbocycles. The minimum absolute atomic E-state index is 0.0476. The van der Waals surface area contributed by atoms with Crippen LogP contribution in [0.1, 0.15) is 25.7 Å². The fourth-order valence-corrected chi connectivity index (χ4v) is 1.57. The summed E-state index contributed by atoms with van der Waals surface area (Å²) in [6, 6.07) is 0. The summed E-state index contributed by atoms with van der Waals surface area (Å²) >= 11 is 0. The first kappa shape index (κ1) is 7.03. The fraction of sp³-hybridized carbons (Fsp3) is 1.00. The Balaban J connectivity index is 2.22. The number of nitrogens with two attached hydrogens (primary N) is 1. The van der Waals surface area contributed by atoms with E-state index in [1.807, 2.05) is 0 Å². The van der Waals surface area contributed by atoms with E-state index in [1.54, 1.807) is 0 Å². The van der Waals surface area contributed by atoms with E-state index in [9.17, 15) is 5.11 Å². The van der Waals surface area contributed by atoms with E-state index < -0.39 is 0 Å². The van der Waals surface area contributed by atoms with Gasteiger partial charge >= 0.3 is 0 Å². The average Bonchev–Trinajstić information content (AvgIpc) is 2.18. The van der Waals surface area contributed by atoms with Gasteiger partial charge in [0.1, 0.15) is 0 Å². The minimum Gasteiger partial charge on any atom is -0.393 e. The van der Waals surface area contributed by atoms with Crippen LogP contribution in [0.5, 0.6) is 0 Å². The van der Waals surface area contributed by atoms with Crippen LogP contribution in [0, 0.1) is 5.92 Å². The molecule has 9 heavy (non-hydrogen) atoms. The Kier molecular flexibility index (Phi) is 2.49. The van der Waals surface area contributed by atoms with E-state index in [0.29, 0.717) is 5.92 Å². The molecule has 2 heteroatoms. The van der Waals surface area contributed by atoms with Gasteiger partial charge in [-0.1, -0.05) is 6.42 Å². The quantitative estimate of drug-likeness (QED) is 0.570. The van der Waals surface area contributed by atoms with Crippen molar-refractivity contribution >= 4 is 0 Å². The lowest BCUT2D eigenvalue weighted by Crippen LogP contribution is -2.16. The third-order valence-electron chi connectivity index (χ3n) is 2.16. The number of hydrogen-bond donors (Lipinski definition) is 2. The predicted molar refractivity (Wildman–Crippen MR) is 37.0 cm³/mol. The topological polar surface area (TPSA) is 46.2 Å². The summed E-state index contributed by atoms with van der Waals surface area (Å²) in [4.78, 5) is 0. The van der Waals surface area contributed by atoms with Crippen molar-refractivity contribution in [2.24, 2.45) is 11.7 Å². The summed E-state index contributed by atoms with van der Waals surface area (Å²) in [5, 5.41) is 9.26. The first-order valence-corrected chi connectivity index (χ1v) is 3.72. The molecule has 0 heterocycles. The maximum atomic E-state index is 9.26. The van der Waals surface area contributed by atoms with Gasteiger partial charge < -0.3 is 10.8 Å². The van der Waals surface area contributed by atoms with Gasteiger partial charge in [0.25, 0.3) is 0 Å². The zero-order valence-electron chi connectivity index (χ0n) is 5.71. The third kappa shape index (κ3) is 1.66. The van der Waals surface area contributed by atoms with E-state index in [1.165, 1.54) is 12.8 Å². The Morgan fingerprint density at radius 2 is 2.22 bits per heavy atom. The Labute approximate surface area is 56.1 Å². The van der Waals surface area contributed by atoms with E-state index in [-0.39, 0.29) is 6.10 Å². The molecule has 0 amide bonds. The highest BCUT2D eigenvalue weighted by Crippen LogP contribution is 2.27. The Bertz CT molecular complexity index is 85.0. The molecular weight excluding hydrogens is 114 g/mol. The summed E-state index contributed by atoms with van der Waals surface area (Å²) in [7, 11) is 0. The molecule has 1 fully saturated rings. The number of rotatable bonds is 2. The molecule has 2 nitrogen and oxygen atoms in total. The molecule has 0 saturated heterocycles. The first-order valence-electron chi connectivity index (χ1n) is 3.72. The third-order valence-corrected chi connectivity index (χ3v) is 2.16. The van der Waals surface area contributed by atoms with Crippen molar-refractivity contribution < 1.29 is 5.11 Å². The molecule has 1 saturated carbocycles. The van der Waals surface area contributed by atoms with Crippen molar-refractivity contribution in [3.63, 3.8) is 0 Å². The molecule has 0 unspecified atom stereocenters. The van der Waals surface area contributed by atoms with Crippen molar-refractivity contribution in [3.05, 3.63) is 0 Å². The molecule has 1 rings (SSSR count). The van der Waals surface area contributed by atoms with Crippen molar-refractivity contribution in [3.8, 4) is 0 Å². The number of hydrogen-bond acceptors (Lipinski definition) is 2. The Hall–Kier alpha value is -0.0800. The Morgan fingerprint density at radius 3 is 2.67 bits per heavy atom. The summed E-state index contributed by atoms with van der Waals surface area (Å²) in [5.74, 6) is 0.509. The molecular formula is C7H15NO. The second-order valence-electron chi connectivity index (χ2n) is 2.84. The van der Waals surface area contributed by atoms with Gasteiger partial charge in [-0.2, -0.15) is 0 Å². The smallest absolute Gasteiger partial charge is 0.0568 e. The normalized spacial score (nSPS) is 35.3. The van der Waals surface area contributed by atoms with Gasteiger partial charge in [-0.25, -0.2) is 0 Å². The van der Waals surface area contributed by atoms with Crippen LogP contribution in [0.2, 0.25) is 0 Å². The Morgan fingerprint density at radius 1 is 1.44 bits per heavy atom. The van der Waals surface area contributed by atoms with Gasteiger partial charge in [-0.05, 0) is 31.7 Å². The highest BCUT2D eigenvalue weighted by Gasteiger charge is 2.23. The van der Waals surface area contributed by atoms with Crippen LogP contribution < -0.4 is 5.73 Å². The van der Waals surface area contributed by atoms with E-state index >= 15 is 0 Å². The van der Waals surface area contributed by atoms with Crippen LogP contribution in [0.15, 0.2) is 0 Å². The standard InChI is InChI=1S/C7H15NO/c8-5-4-6-2-1-3-7(6)9/h6-7,9H,1-5,8H2/t6-,7-/m0/s1. The molecule has 1 aliphatic rings. The molecule has 0 radical (unpaired) electrons. The minimum atomic E-state index is -0.0476. The molecule has 0 spiro atoms. The van der Waals surface area contributed by atoms with E-state index in [2.05, 4.69) is 0 Å². The second-order valence-corrected chi connectivity index (χ2v) is 2.84. The van der Waals surface area contributed by atoms with Crippen LogP contribution in [0.4, 0.5) is 0 Å². The number of aliphatic hydroxyl groups excluding tert-OH is 1. The van der Waals surface area contributed by atoms with Gasteiger partial charge in [-0.3, -0.25) is 0 Å². The van der Waals surface area contributed by atoms with Crippen LogP contribution in [-0.2, 0) is 0 Å². The van der Waals surface area contributed by atoms with Crippen LogP contribution in [-0.4, -0.2) is 17.8 Å². The highest BCUT2D eigenvalue weighted by atomic mass is 16.3. The zero-order chi connectivity index (χ0) is 6.69. The molecule has 0 aromatic heterocycles. The van der Waals surface area contributed by atoms with Crippen molar-refractivity contribution in [1.82, 2.24) is 0 Å². The summed E-state index contributed by atoms with van der Waals surface area (Å²) < 4.78 is 0.